The zero-order chi connectivity index (χ0) is 16.1. The second-order valence-corrected chi connectivity index (χ2v) is 7.12. The highest BCUT2D eigenvalue weighted by Gasteiger charge is 2.14. The lowest BCUT2D eigenvalue weighted by atomic mass is 9.89. The van der Waals surface area contributed by atoms with Crippen molar-refractivity contribution in [2.24, 2.45) is 17.8 Å². The molecule has 0 saturated carbocycles. The lowest BCUT2D eigenvalue weighted by Crippen LogP contribution is -2.32. The van der Waals surface area contributed by atoms with Crippen molar-refractivity contribution in [3.8, 4) is 0 Å². The summed E-state index contributed by atoms with van der Waals surface area (Å²) in [6.07, 6.45) is 6.29. The van der Waals surface area contributed by atoms with Crippen LogP contribution in [-0.2, 0) is 0 Å². The van der Waals surface area contributed by atoms with E-state index < -0.39 is 0 Å². The molecule has 0 aromatic carbocycles. The van der Waals surface area contributed by atoms with E-state index in [2.05, 4.69) is 45.3 Å². The molecular formula is C18H40N2S. The van der Waals surface area contributed by atoms with E-state index in [1.165, 1.54) is 32.1 Å². The lowest BCUT2D eigenvalue weighted by molar-refractivity contribution is 0.322. The van der Waals surface area contributed by atoms with Gasteiger partial charge < -0.3 is 10.6 Å². The Labute approximate surface area is 139 Å². The van der Waals surface area contributed by atoms with Crippen LogP contribution in [-0.4, -0.2) is 31.4 Å². The lowest BCUT2D eigenvalue weighted by Gasteiger charge is -2.22. The minimum absolute atomic E-state index is 0.503. The van der Waals surface area contributed by atoms with E-state index in [0.29, 0.717) is 5.25 Å². The number of hydrogen-bond donors (Lipinski definition) is 3. The van der Waals surface area contributed by atoms with Crippen LogP contribution in [0, 0.1) is 17.8 Å². The Morgan fingerprint density at radius 2 is 1.24 bits per heavy atom. The van der Waals surface area contributed by atoms with Gasteiger partial charge in [0.25, 0.3) is 0 Å². The maximum absolute atomic E-state index is 4.72. The summed E-state index contributed by atoms with van der Waals surface area (Å²) >= 11 is 4.72. The van der Waals surface area contributed by atoms with Crippen LogP contribution in [0.25, 0.3) is 0 Å². The van der Waals surface area contributed by atoms with Crippen molar-refractivity contribution in [3.05, 3.63) is 0 Å². The number of hydrogen-bond acceptors (Lipinski definition) is 3. The van der Waals surface area contributed by atoms with Crippen molar-refractivity contribution in [2.45, 2.75) is 72.0 Å². The van der Waals surface area contributed by atoms with Gasteiger partial charge in [0, 0.05) is 11.8 Å². The molecule has 0 spiro atoms. The van der Waals surface area contributed by atoms with E-state index in [-0.39, 0.29) is 0 Å². The van der Waals surface area contributed by atoms with Crippen molar-refractivity contribution in [1.29, 1.82) is 0 Å². The fraction of sp³-hybridized carbons (Fsp3) is 1.00. The van der Waals surface area contributed by atoms with Gasteiger partial charge in [-0.15, -0.1) is 0 Å². The molecule has 0 radical (unpaired) electrons. The van der Waals surface area contributed by atoms with Crippen LogP contribution in [0.15, 0.2) is 0 Å². The van der Waals surface area contributed by atoms with E-state index in [1.807, 2.05) is 0 Å². The summed E-state index contributed by atoms with van der Waals surface area (Å²) in [7, 11) is 0. The highest BCUT2D eigenvalue weighted by atomic mass is 32.1. The summed E-state index contributed by atoms with van der Waals surface area (Å²) in [4.78, 5) is 0. The molecule has 0 fully saturated rings. The highest BCUT2D eigenvalue weighted by molar-refractivity contribution is 7.81. The molecule has 2 nitrogen and oxygen atoms in total. The van der Waals surface area contributed by atoms with Crippen LogP contribution >= 0.6 is 12.6 Å². The highest BCUT2D eigenvalue weighted by Crippen LogP contribution is 2.18. The summed E-state index contributed by atoms with van der Waals surface area (Å²) < 4.78 is 0. The van der Waals surface area contributed by atoms with Crippen molar-refractivity contribution >= 4 is 12.6 Å². The molecule has 0 aliphatic rings. The Morgan fingerprint density at radius 3 is 1.71 bits per heavy atom. The fourth-order valence-corrected chi connectivity index (χ4v) is 3.73. The van der Waals surface area contributed by atoms with E-state index >= 15 is 0 Å². The normalized spacial score (nSPS) is 14.9. The van der Waals surface area contributed by atoms with E-state index in [9.17, 15) is 0 Å². The Hall–Kier alpha value is 0.270. The molecule has 0 aliphatic carbocycles. The summed E-state index contributed by atoms with van der Waals surface area (Å²) in [6, 6.07) is 0. The maximum atomic E-state index is 4.72. The van der Waals surface area contributed by atoms with Crippen molar-refractivity contribution < 1.29 is 0 Å². The van der Waals surface area contributed by atoms with Gasteiger partial charge in [0.05, 0.1) is 0 Å². The van der Waals surface area contributed by atoms with E-state index in [4.69, 9.17) is 12.6 Å². The molecule has 2 atom stereocenters. The summed E-state index contributed by atoms with van der Waals surface area (Å²) in [6.45, 7) is 16.0. The zero-order valence-electron chi connectivity index (χ0n) is 15.1. The average Bonchev–Trinajstić information content (AvgIpc) is 2.48. The van der Waals surface area contributed by atoms with Gasteiger partial charge in [-0.1, -0.05) is 60.3 Å². The molecule has 2 N–H and O–H groups in total. The molecule has 0 aromatic heterocycles. The molecule has 0 aromatic rings. The number of nitrogens with one attached hydrogen (secondary N) is 2. The van der Waals surface area contributed by atoms with Crippen LogP contribution in [0.3, 0.4) is 0 Å². The molecule has 21 heavy (non-hydrogen) atoms. The molecule has 0 saturated heterocycles. The smallest absolute Gasteiger partial charge is 0.0170 e. The van der Waals surface area contributed by atoms with E-state index in [0.717, 1.165) is 43.9 Å². The van der Waals surface area contributed by atoms with Crippen LogP contribution < -0.4 is 10.6 Å². The minimum Gasteiger partial charge on any atom is -0.316 e. The van der Waals surface area contributed by atoms with Gasteiger partial charge in [0.15, 0.2) is 0 Å². The van der Waals surface area contributed by atoms with Gasteiger partial charge in [-0.25, -0.2) is 0 Å². The zero-order valence-corrected chi connectivity index (χ0v) is 16.0. The number of rotatable bonds is 14. The van der Waals surface area contributed by atoms with Crippen molar-refractivity contribution in [1.82, 2.24) is 10.6 Å². The predicted octanol–water partition coefficient (Wildman–Crippen LogP) is 4.36. The number of thiol groups is 1. The largest absolute Gasteiger partial charge is 0.316 e. The predicted molar refractivity (Wildman–Crippen MR) is 100 cm³/mol. The first-order valence-corrected chi connectivity index (χ1v) is 9.71. The van der Waals surface area contributed by atoms with Crippen LogP contribution in [0.5, 0.6) is 0 Å². The monoisotopic (exact) mass is 316 g/mol. The van der Waals surface area contributed by atoms with E-state index in [1.54, 1.807) is 0 Å². The Bertz CT molecular complexity index is 193. The molecular weight excluding hydrogens is 276 g/mol. The molecule has 128 valence electrons. The molecule has 1 unspecified atom stereocenters. The molecule has 0 aliphatic heterocycles. The van der Waals surface area contributed by atoms with Crippen LogP contribution in [0.1, 0.15) is 66.7 Å². The van der Waals surface area contributed by atoms with Gasteiger partial charge in [0.1, 0.15) is 0 Å². The first-order chi connectivity index (χ1) is 10.1. The van der Waals surface area contributed by atoms with Gasteiger partial charge >= 0.3 is 0 Å². The Morgan fingerprint density at radius 1 is 0.762 bits per heavy atom. The van der Waals surface area contributed by atoms with Crippen molar-refractivity contribution in [3.63, 3.8) is 0 Å². The topological polar surface area (TPSA) is 24.1 Å². The van der Waals surface area contributed by atoms with Crippen LogP contribution in [0.4, 0.5) is 0 Å². The Kier molecular flexibility index (Phi) is 14.1. The van der Waals surface area contributed by atoms with Crippen LogP contribution in [0.2, 0.25) is 0 Å². The standard InChI is InChI=1S/C18H40N2S/c1-6-16(7-2)15(5)13-19-11-10-12-20-14-18(21)17(8-3)9-4/h15-21H,6-14H2,1-5H3/t15-,18?/m1/s1. The van der Waals surface area contributed by atoms with Gasteiger partial charge in [-0.2, -0.15) is 12.6 Å². The van der Waals surface area contributed by atoms with Gasteiger partial charge in [-0.05, 0) is 43.8 Å². The summed E-state index contributed by atoms with van der Waals surface area (Å²) in [5.74, 6) is 2.42. The summed E-state index contributed by atoms with van der Waals surface area (Å²) in [5.41, 5.74) is 0. The maximum Gasteiger partial charge on any atom is 0.0170 e. The molecule has 0 bridgehead atoms. The average molecular weight is 317 g/mol. The van der Waals surface area contributed by atoms with Gasteiger partial charge in [-0.3, -0.25) is 0 Å². The third-order valence-corrected chi connectivity index (χ3v) is 5.58. The van der Waals surface area contributed by atoms with Crippen molar-refractivity contribution in [2.75, 3.05) is 26.2 Å². The second-order valence-electron chi connectivity index (χ2n) is 6.46. The minimum atomic E-state index is 0.503. The quantitative estimate of drug-likeness (QED) is 0.327. The van der Waals surface area contributed by atoms with Gasteiger partial charge in [0.2, 0.25) is 0 Å². The first-order valence-electron chi connectivity index (χ1n) is 9.19. The third-order valence-electron chi connectivity index (χ3n) is 4.97. The first kappa shape index (κ1) is 21.3. The Balaban J connectivity index is 3.52. The molecule has 0 rings (SSSR count). The third kappa shape index (κ3) is 9.80. The molecule has 3 heteroatoms. The fourth-order valence-electron chi connectivity index (χ4n) is 3.18. The molecule has 0 heterocycles. The SMILES string of the molecule is CCC(CC)C(S)CNCCCNC[C@@H](C)C(CC)CC. The second kappa shape index (κ2) is 13.9. The molecule has 0 amide bonds. The summed E-state index contributed by atoms with van der Waals surface area (Å²) in [5, 5.41) is 7.66.